The molecule has 0 bridgehead atoms. The highest BCUT2D eigenvalue weighted by Crippen LogP contribution is 2.44. The first-order chi connectivity index (χ1) is 8.72. The van der Waals surface area contributed by atoms with E-state index in [2.05, 4.69) is 48.5 Å². The molecule has 1 atom stereocenters. The van der Waals surface area contributed by atoms with Crippen LogP contribution in [0.25, 0.3) is 11.1 Å². The van der Waals surface area contributed by atoms with Gasteiger partial charge in [-0.15, -0.1) is 0 Å². The Morgan fingerprint density at radius 2 is 1.78 bits per heavy atom. The summed E-state index contributed by atoms with van der Waals surface area (Å²) >= 11 is 0. The molecule has 2 aromatic carbocycles. The van der Waals surface area contributed by atoms with Crippen LogP contribution in [0.4, 0.5) is 0 Å². The van der Waals surface area contributed by atoms with Crippen molar-refractivity contribution in [3.8, 4) is 11.1 Å². The molecular formula is C16H15NO. The van der Waals surface area contributed by atoms with E-state index in [0.29, 0.717) is 11.6 Å². The predicted octanol–water partition coefficient (Wildman–Crippen LogP) is 4.02. The van der Waals surface area contributed by atoms with Crippen molar-refractivity contribution >= 4 is 5.71 Å². The molecule has 0 spiro atoms. The number of nitrogens with zero attached hydrogens (tertiary/aromatic N) is 1. The fourth-order valence-electron chi connectivity index (χ4n) is 2.74. The summed E-state index contributed by atoms with van der Waals surface area (Å²) in [6.45, 7) is 4.04. The summed E-state index contributed by atoms with van der Waals surface area (Å²) in [5.74, 6) is 0.405. The molecular weight excluding hydrogens is 222 g/mol. The first-order valence-electron chi connectivity index (χ1n) is 6.14. The molecule has 1 aliphatic carbocycles. The minimum absolute atomic E-state index is 0.405. The van der Waals surface area contributed by atoms with Gasteiger partial charge in [0.1, 0.15) is 0 Å². The summed E-state index contributed by atoms with van der Waals surface area (Å²) in [4.78, 5) is 0. The van der Waals surface area contributed by atoms with Crippen LogP contribution in [0.5, 0.6) is 0 Å². The fourth-order valence-corrected chi connectivity index (χ4v) is 2.74. The normalized spacial score (nSPS) is 17.4. The van der Waals surface area contributed by atoms with E-state index in [-0.39, 0.29) is 0 Å². The second kappa shape index (κ2) is 3.98. The van der Waals surface area contributed by atoms with Gasteiger partial charge in [-0.1, -0.05) is 48.5 Å². The molecule has 18 heavy (non-hydrogen) atoms. The Kier molecular flexibility index (Phi) is 2.44. The monoisotopic (exact) mass is 237 g/mol. The lowest BCUT2D eigenvalue weighted by atomic mass is 9.97. The molecule has 1 aliphatic rings. The summed E-state index contributed by atoms with van der Waals surface area (Å²) in [7, 11) is 0. The van der Waals surface area contributed by atoms with E-state index in [4.69, 9.17) is 5.21 Å². The summed E-state index contributed by atoms with van der Waals surface area (Å²) < 4.78 is 0. The van der Waals surface area contributed by atoms with Gasteiger partial charge in [-0.05, 0) is 40.8 Å². The van der Waals surface area contributed by atoms with Gasteiger partial charge in [-0.25, -0.2) is 0 Å². The van der Waals surface area contributed by atoms with E-state index >= 15 is 0 Å². The van der Waals surface area contributed by atoms with Gasteiger partial charge >= 0.3 is 0 Å². The fraction of sp³-hybridized carbons (Fsp3) is 0.188. The van der Waals surface area contributed by atoms with Gasteiger partial charge < -0.3 is 5.21 Å². The quantitative estimate of drug-likeness (QED) is 0.453. The molecule has 0 amide bonds. The zero-order chi connectivity index (χ0) is 12.7. The Morgan fingerprint density at radius 1 is 1.06 bits per heavy atom. The van der Waals surface area contributed by atoms with Crippen molar-refractivity contribution < 1.29 is 5.21 Å². The zero-order valence-corrected chi connectivity index (χ0v) is 10.5. The van der Waals surface area contributed by atoms with Gasteiger partial charge in [0, 0.05) is 5.92 Å². The van der Waals surface area contributed by atoms with E-state index in [1.807, 2.05) is 13.0 Å². The van der Waals surface area contributed by atoms with Crippen molar-refractivity contribution in [2.75, 3.05) is 0 Å². The molecule has 2 heteroatoms. The molecule has 1 N–H and O–H groups in total. The number of hydrogen-bond donors (Lipinski definition) is 1. The molecule has 0 heterocycles. The predicted molar refractivity (Wildman–Crippen MR) is 73.4 cm³/mol. The van der Waals surface area contributed by atoms with E-state index in [9.17, 15) is 0 Å². The van der Waals surface area contributed by atoms with Crippen molar-refractivity contribution in [2.24, 2.45) is 5.16 Å². The lowest BCUT2D eigenvalue weighted by Gasteiger charge is -2.07. The van der Waals surface area contributed by atoms with Crippen LogP contribution in [0.3, 0.4) is 0 Å². The maximum absolute atomic E-state index is 8.86. The van der Waals surface area contributed by atoms with Gasteiger partial charge in [0.25, 0.3) is 0 Å². The van der Waals surface area contributed by atoms with E-state index in [1.165, 1.54) is 22.3 Å². The van der Waals surface area contributed by atoms with Crippen LogP contribution in [0.2, 0.25) is 0 Å². The summed E-state index contributed by atoms with van der Waals surface area (Å²) in [6.07, 6.45) is 0. The molecule has 0 saturated carbocycles. The van der Waals surface area contributed by atoms with E-state index in [1.54, 1.807) is 0 Å². The van der Waals surface area contributed by atoms with E-state index < -0.39 is 0 Å². The van der Waals surface area contributed by atoms with Gasteiger partial charge in [0.15, 0.2) is 0 Å². The number of rotatable bonds is 1. The zero-order valence-electron chi connectivity index (χ0n) is 10.5. The average molecular weight is 237 g/mol. The highest BCUT2D eigenvalue weighted by Gasteiger charge is 2.25. The molecule has 0 saturated heterocycles. The van der Waals surface area contributed by atoms with E-state index in [0.717, 1.165) is 5.56 Å². The second-order valence-electron chi connectivity index (χ2n) is 4.80. The Hall–Kier alpha value is -2.09. The van der Waals surface area contributed by atoms with Crippen LogP contribution in [-0.4, -0.2) is 10.9 Å². The van der Waals surface area contributed by atoms with Gasteiger partial charge in [0.05, 0.1) is 5.71 Å². The Balaban J connectivity index is 2.20. The molecule has 0 fully saturated rings. The smallest absolute Gasteiger partial charge is 0.0837 e. The molecule has 0 aromatic heterocycles. The molecule has 0 aliphatic heterocycles. The first kappa shape index (κ1) is 11.0. The van der Waals surface area contributed by atoms with Crippen LogP contribution in [0.1, 0.15) is 36.5 Å². The molecule has 3 rings (SSSR count). The lowest BCUT2D eigenvalue weighted by molar-refractivity contribution is 0.319. The van der Waals surface area contributed by atoms with Gasteiger partial charge in [-0.2, -0.15) is 0 Å². The number of benzene rings is 2. The van der Waals surface area contributed by atoms with Crippen molar-refractivity contribution in [1.82, 2.24) is 0 Å². The van der Waals surface area contributed by atoms with Crippen molar-refractivity contribution in [1.29, 1.82) is 0 Å². The molecule has 0 unspecified atom stereocenters. The first-order valence-corrected chi connectivity index (χ1v) is 6.14. The number of oxime groups is 1. The third-order valence-corrected chi connectivity index (χ3v) is 3.80. The van der Waals surface area contributed by atoms with Crippen LogP contribution in [-0.2, 0) is 0 Å². The van der Waals surface area contributed by atoms with Crippen LogP contribution < -0.4 is 0 Å². The third kappa shape index (κ3) is 1.46. The average Bonchev–Trinajstić information content (AvgIpc) is 2.72. The number of fused-ring (bicyclic) bond motifs is 3. The van der Waals surface area contributed by atoms with Crippen LogP contribution in [0, 0.1) is 0 Å². The van der Waals surface area contributed by atoms with Gasteiger partial charge in [0.2, 0.25) is 0 Å². The highest BCUT2D eigenvalue weighted by atomic mass is 16.4. The standard InChI is InChI=1S/C16H15NO/c1-10-13-5-3-4-6-14(13)15-8-7-12(9-16(10)15)11(2)17-18/h3-10,18H,1-2H3/b17-11-/t10-/m1/s1. The Bertz CT molecular complexity index is 643. The molecule has 0 radical (unpaired) electrons. The Labute approximate surface area is 107 Å². The summed E-state index contributed by atoms with van der Waals surface area (Å²) in [5, 5.41) is 12.1. The minimum Gasteiger partial charge on any atom is -0.411 e. The third-order valence-electron chi connectivity index (χ3n) is 3.80. The van der Waals surface area contributed by atoms with Crippen LogP contribution in [0.15, 0.2) is 47.6 Å². The molecule has 2 aromatic rings. The van der Waals surface area contributed by atoms with Crippen molar-refractivity contribution in [3.05, 3.63) is 59.2 Å². The summed E-state index contributed by atoms with van der Waals surface area (Å²) in [6, 6.07) is 14.8. The van der Waals surface area contributed by atoms with Gasteiger partial charge in [-0.3, -0.25) is 0 Å². The SMILES string of the molecule is C/C(=N/O)c1ccc2c(c1)[C@H](C)c1ccccc1-2. The lowest BCUT2D eigenvalue weighted by Crippen LogP contribution is -1.97. The Morgan fingerprint density at radius 3 is 2.56 bits per heavy atom. The second-order valence-corrected chi connectivity index (χ2v) is 4.80. The topological polar surface area (TPSA) is 32.6 Å². The highest BCUT2D eigenvalue weighted by molar-refractivity contribution is 5.99. The molecule has 2 nitrogen and oxygen atoms in total. The minimum atomic E-state index is 0.405. The maximum atomic E-state index is 8.86. The van der Waals surface area contributed by atoms with Crippen LogP contribution >= 0.6 is 0 Å². The number of hydrogen-bond acceptors (Lipinski definition) is 2. The largest absolute Gasteiger partial charge is 0.411 e. The van der Waals surface area contributed by atoms with Crippen molar-refractivity contribution in [2.45, 2.75) is 19.8 Å². The molecule has 90 valence electrons. The maximum Gasteiger partial charge on any atom is 0.0837 e. The summed E-state index contributed by atoms with van der Waals surface area (Å²) in [5.41, 5.74) is 6.95. The van der Waals surface area contributed by atoms with Crippen molar-refractivity contribution in [3.63, 3.8) is 0 Å².